The van der Waals surface area contributed by atoms with E-state index >= 15 is 0 Å². The van der Waals surface area contributed by atoms with E-state index in [1.54, 1.807) is 7.11 Å². The lowest BCUT2D eigenvalue weighted by Crippen LogP contribution is -2.26. The SMILES string of the molecule is COCC1CCN(CCOc2cccc(N)c2)C1. The summed E-state index contributed by atoms with van der Waals surface area (Å²) in [6.45, 7) is 4.81. The van der Waals surface area contributed by atoms with E-state index in [1.165, 1.54) is 6.42 Å². The number of hydrogen-bond donors (Lipinski definition) is 1. The Morgan fingerprint density at radius 2 is 2.33 bits per heavy atom. The Labute approximate surface area is 109 Å². The molecule has 1 aromatic rings. The minimum absolute atomic E-state index is 0.683. The van der Waals surface area contributed by atoms with Gasteiger partial charge in [0, 0.05) is 32.0 Å². The van der Waals surface area contributed by atoms with Gasteiger partial charge in [-0.3, -0.25) is 4.90 Å². The average Bonchev–Trinajstić information content (AvgIpc) is 2.78. The molecular formula is C14H22N2O2. The molecule has 1 aromatic carbocycles. The zero-order valence-electron chi connectivity index (χ0n) is 11.0. The van der Waals surface area contributed by atoms with E-state index < -0.39 is 0 Å². The summed E-state index contributed by atoms with van der Waals surface area (Å²) in [5, 5.41) is 0. The Kier molecular flexibility index (Phi) is 4.84. The van der Waals surface area contributed by atoms with Crippen LogP contribution in [0.25, 0.3) is 0 Å². The van der Waals surface area contributed by atoms with Crippen LogP contribution in [0.3, 0.4) is 0 Å². The quantitative estimate of drug-likeness (QED) is 0.779. The predicted octanol–water partition coefficient (Wildman–Crippen LogP) is 1.62. The molecule has 18 heavy (non-hydrogen) atoms. The highest BCUT2D eigenvalue weighted by Crippen LogP contribution is 2.17. The van der Waals surface area contributed by atoms with Crippen LogP contribution in [0.4, 0.5) is 5.69 Å². The van der Waals surface area contributed by atoms with Gasteiger partial charge in [0.15, 0.2) is 0 Å². The summed E-state index contributed by atoms with van der Waals surface area (Å²) in [4.78, 5) is 2.43. The largest absolute Gasteiger partial charge is 0.492 e. The van der Waals surface area contributed by atoms with Crippen molar-refractivity contribution in [3.05, 3.63) is 24.3 Å². The topological polar surface area (TPSA) is 47.7 Å². The van der Waals surface area contributed by atoms with Crippen LogP contribution in [0.5, 0.6) is 5.75 Å². The fraction of sp³-hybridized carbons (Fsp3) is 0.571. The molecule has 2 rings (SSSR count). The molecule has 0 aliphatic carbocycles. The van der Waals surface area contributed by atoms with Crippen molar-refractivity contribution in [2.75, 3.05) is 45.7 Å². The van der Waals surface area contributed by atoms with E-state index in [0.29, 0.717) is 12.5 Å². The van der Waals surface area contributed by atoms with Gasteiger partial charge in [-0.15, -0.1) is 0 Å². The lowest BCUT2D eigenvalue weighted by atomic mass is 10.1. The van der Waals surface area contributed by atoms with Gasteiger partial charge in [0.05, 0.1) is 6.61 Å². The zero-order chi connectivity index (χ0) is 12.8. The summed E-state index contributed by atoms with van der Waals surface area (Å²) >= 11 is 0. The number of ether oxygens (including phenoxy) is 2. The molecule has 0 radical (unpaired) electrons. The van der Waals surface area contributed by atoms with E-state index in [-0.39, 0.29) is 0 Å². The highest BCUT2D eigenvalue weighted by molar-refractivity contribution is 5.43. The summed E-state index contributed by atoms with van der Waals surface area (Å²) in [5.74, 6) is 1.53. The van der Waals surface area contributed by atoms with Crippen molar-refractivity contribution in [1.29, 1.82) is 0 Å². The van der Waals surface area contributed by atoms with Crippen LogP contribution in [-0.4, -0.2) is 44.9 Å². The number of nitrogens with two attached hydrogens (primary N) is 1. The van der Waals surface area contributed by atoms with Crippen LogP contribution in [-0.2, 0) is 4.74 Å². The highest BCUT2D eigenvalue weighted by Gasteiger charge is 2.21. The second-order valence-electron chi connectivity index (χ2n) is 4.83. The molecule has 0 amide bonds. The summed E-state index contributed by atoms with van der Waals surface area (Å²) in [6.07, 6.45) is 1.23. The Morgan fingerprint density at radius 3 is 3.11 bits per heavy atom. The van der Waals surface area contributed by atoms with E-state index in [4.69, 9.17) is 15.2 Å². The first-order valence-corrected chi connectivity index (χ1v) is 6.47. The third-order valence-electron chi connectivity index (χ3n) is 3.31. The van der Waals surface area contributed by atoms with Crippen LogP contribution < -0.4 is 10.5 Å². The fourth-order valence-electron chi connectivity index (χ4n) is 2.38. The molecule has 0 bridgehead atoms. The van der Waals surface area contributed by atoms with E-state index in [1.807, 2.05) is 24.3 Å². The Morgan fingerprint density at radius 1 is 1.44 bits per heavy atom. The van der Waals surface area contributed by atoms with Gasteiger partial charge >= 0.3 is 0 Å². The van der Waals surface area contributed by atoms with Crippen molar-refractivity contribution < 1.29 is 9.47 Å². The molecule has 0 saturated carbocycles. The van der Waals surface area contributed by atoms with Crippen LogP contribution in [0.1, 0.15) is 6.42 Å². The van der Waals surface area contributed by atoms with Crippen LogP contribution in [0.2, 0.25) is 0 Å². The summed E-state index contributed by atoms with van der Waals surface area (Å²) < 4.78 is 10.9. The lowest BCUT2D eigenvalue weighted by molar-refractivity contribution is 0.150. The van der Waals surface area contributed by atoms with Crippen molar-refractivity contribution in [3.63, 3.8) is 0 Å². The number of methoxy groups -OCH3 is 1. The van der Waals surface area contributed by atoms with Crippen molar-refractivity contribution in [2.24, 2.45) is 5.92 Å². The number of rotatable bonds is 6. The molecule has 1 fully saturated rings. The van der Waals surface area contributed by atoms with Gasteiger partial charge in [0.1, 0.15) is 12.4 Å². The van der Waals surface area contributed by atoms with Crippen molar-refractivity contribution in [3.8, 4) is 5.75 Å². The second kappa shape index (κ2) is 6.61. The predicted molar refractivity (Wildman–Crippen MR) is 72.8 cm³/mol. The van der Waals surface area contributed by atoms with Crippen LogP contribution >= 0.6 is 0 Å². The normalized spacial score (nSPS) is 20.2. The summed E-state index contributed by atoms with van der Waals surface area (Å²) in [7, 11) is 1.77. The fourth-order valence-corrected chi connectivity index (χ4v) is 2.38. The van der Waals surface area contributed by atoms with Gasteiger partial charge in [-0.1, -0.05) is 6.07 Å². The van der Waals surface area contributed by atoms with Crippen molar-refractivity contribution in [2.45, 2.75) is 6.42 Å². The smallest absolute Gasteiger partial charge is 0.121 e. The second-order valence-corrected chi connectivity index (χ2v) is 4.83. The van der Waals surface area contributed by atoms with Gasteiger partial charge in [0.25, 0.3) is 0 Å². The third kappa shape index (κ3) is 3.89. The molecule has 0 spiro atoms. The van der Waals surface area contributed by atoms with E-state index in [0.717, 1.165) is 37.7 Å². The van der Waals surface area contributed by atoms with Crippen LogP contribution in [0, 0.1) is 5.92 Å². The highest BCUT2D eigenvalue weighted by atomic mass is 16.5. The maximum absolute atomic E-state index is 5.70. The molecule has 1 heterocycles. The first kappa shape index (κ1) is 13.2. The number of nitrogen functional groups attached to an aromatic ring is 1. The molecule has 1 atom stereocenters. The minimum atomic E-state index is 0.683. The molecular weight excluding hydrogens is 228 g/mol. The molecule has 1 saturated heterocycles. The van der Waals surface area contributed by atoms with Gasteiger partial charge in [-0.05, 0) is 31.0 Å². The minimum Gasteiger partial charge on any atom is -0.492 e. The maximum Gasteiger partial charge on any atom is 0.121 e. The summed E-state index contributed by atoms with van der Waals surface area (Å²) in [6, 6.07) is 7.57. The number of benzene rings is 1. The molecule has 0 aromatic heterocycles. The first-order valence-electron chi connectivity index (χ1n) is 6.47. The maximum atomic E-state index is 5.70. The monoisotopic (exact) mass is 250 g/mol. The van der Waals surface area contributed by atoms with Gasteiger partial charge < -0.3 is 15.2 Å². The number of nitrogens with zero attached hydrogens (tertiary/aromatic N) is 1. The van der Waals surface area contributed by atoms with Gasteiger partial charge in [0.2, 0.25) is 0 Å². The summed E-state index contributed by atoms with van der Waals surface area (Å²) in [5.41, 5.74) is 6.44. The third-order valence-corrected chi connectivity index (χ3v) is 3.31. The number of likely N-dealkylation sites (tertiary alicyclic amines) is 1. The molecule has 1 aliphatic rings. The Hall–Kier alpha value is -1.26. The first-order chi connectivity index (χ1) is 8.78. The average molecular weight is 250 g/mol. The molecule has 1 unspecified atom stereocenters. The lowest BCUT2D eigenvalue weighted by Gasteiger charge is -2.16. The Balaban J connectivity index is 1.67. The van der Waals surface area contributed by atoms with Gasteiger partial charge in [-0.25, -0.2) is 0 Å². The van der Waals surface area contributed by atoms with Crippen LogP contribution in [0.15, 0.2) is 24.3 Å². The molecule has 2 N–H and O–H groups in total. The number of anilines is 1. The molecule has 4 heteroatoms. The van der Waals surface area contributed by atoms with Crippen molar-refractivity contribution >= 4 is 5.69 Å². The van der Waals surface area contributed by atoms with E-state index in [2.05, 4.69) is 4.90 Å². The molecule has 1 aliphatic heterocycles. The molecule has 4 nitrogen and oxygen atoms in total. The Bertz CT molecular complexity index is 371. The van der Waals surface area contributed by atoms with Gasteiger partial charge in [-0.2, -0.15) is 0 Å². The van der Waals surface area contributed by atoms with Crippen molar-refractivity contribution in [1.82, 2.24) is 4.90 Å². The standard InChI is InChI=1S/C14H22N2O2/c1-17-11-12-5-6-16(10-12)7-8-18-14-4-2-3-13(15)9-14/h2-4,9,12H,5-8,10-11,15H2,1H3. The number of hydrogen-bond acceptors (Lipinski definition) is 4. The molecule has 100 valence electrons. The van der Waals surface area contributed by atoms with E-state index in [9.17, 15) is 0 Å². The zero-order valence-corrected chi connectivity index (χ0v) is 11.0.